The summed E-state index contributed by atoms with van der Waals surface area (Å²) in [5, 5.41) is 0. The number of carbonyl (C=O) groups is 1. The Morgan fingerprint density at radius 3 is 2.10 bits per heavy atom. The van der Waals surface area contributed by atoms with Crippen LogP contribution in [0.4, 0.5) is 0 Å². The molecule has 0 radical (unpaired) electrons. The molecule has 21 heavy (non-hydrogen) atoms. The van der Waals surface area contributed by atoms with Crippen molar-refractivity contribution < 1.29 is 14.3 Å². The minimum Gasteiger partial charge on any atom is -0.343 e. The first-order valence-electron chi connectivity index (χ1n) is 7.09. The van der Waals surface area contributed by atoms with Crippen LogP contribution in [0.1, 0.15) is 29.3 Å². The Kier molecular flexibility index (Phi) is 5.26. The molecule has 0 spiro atoms. The number of rotatable bonds is 7. The fraction of sp³-hybridized carbons (Fsp3) is 0.278. The van der Waals surface area contributed by atoms with E-state index in [1.165, 1.54) is 7.11 Å². The molecule has 0 aliphatic heterocycles. The molecule has 0 aliphatic carbocycles. The third-order valence-corrected chi connectivity index (χ3v) is 3.29. The SMILES string of the molecule is CCCOC(OC)(C(=O)c1ccccc1)c1ccccc1. The van der Waals surface area contributed by atoms with E-state index < -0.39 is 5.79 Å². The summed E-state index contributed by atoms with van der Waals surface area (Å²) in [6.07, 6.45) is 0.806. The first-order valence-corrected chi connectivity index (χ1v) is 7.09. The van der Waals surface area contributed by atoms with E-state index in [2.05, 4.69) is 0 Å². The molecule has 110 valence electrons. The van der Waals surface area contributed by atoms with Gasteiger partial charge in [-0.15, -0.1) is 0 Å². The molecule has 1 atom stereocenters. The summed E-state index contributed by atoms with van der Waals surface area (Å²) in [6.45, 7) is 2.44. The minimum atomic E-state index is -1.39. The highest BCUT2D eigenvalue weighted by molar-refractivity contribution is 6.02. The maximum atomic E-state index is 13.0. The van der Waals surface area contributed by atoms with Crippen LogP contribution in [0.3, 0.4) is 0 Å². The maximum Gasteiger partial charge on any atom is 0.261 e. The van der Waals surface area contributed by atoms with Crippen LogP contribution in [-0.2, 0) is 15.3 Å². The predicted molar refractivity (Wildman–Crippen MR) is 82.1 cm³/mol. The van der Waals surface area contributed by atoms with Gasteiger partial charge in [0, 0.05) is 18.2 Å². The van der Waals surface area contributed by atoms with Crippen molar-refractivity contribution in [3.05, 3.63) is 71.8 Å². The zero-order valence-corrected chi connectivity index (χ0v) is 12.4. The Morgan fingerprint density at radius 2 is 1.57 bits per heavy atom. The molecule has 0 N–H and O–H groups in total. The van der Waals surface area contributed by atoms with Crippen LogP contribution < -0.4 is 0 Å². The van der Waals surface area contributed by atoms with Crippen molar-refractivity contribution in [3.8, 4) is 0 Å². The van der Waals surface area contributed by atoms with E-state index in [1.54, 1.807) is 12.1 Å². The molecule has 0 saturated heterocycles. The van der Waals surface area contributed by atoms with Crippen LogP contribution in [0.15, 0.2) is 60.7 Å². The number of carbonyl (C=O) groups excluding carboxylic acids is 1. The zero-order valence-electron chi connectivity index (χ0n) is 12.4. The van der Waals surface area contributed by atoms with E-state index >= 15 is 0 Å². The number of hydrogen-bond acceptors (Lipinski definition) is 3. The third-order valence-electron chi connectivity index (χ3n) is 3.29. The Bertz CT molecular complexity index is 566. The molecule has 3 heteroatoms. The minimum absolute atomic E-state index is 0.190. The van der Waals surface area contributed by atoms with E-state index in [-0.39, 0.29) is 5.78 Å². The van der Waals surface area contributed by atoms with Crippen molar-refractivity contribution in [2.24, 2.45) is 0 Å². The molecule has 0 bridgehead atoms. The van der Waals surface area contributed by atoms with Crippen LogP contribution in [0, 0.1) is 0 Å². The fourth-order valence-corrected chi connectivity index (χ4v) is 2.23. The molecule has 0 heterocycles. The summed E-state index contributed by atoms with van der Waals surface area (Å²) in [6, 6.07) is 18.4. The molecule has 0 fully saturated rings. The average Bonchev–Trinajstić information content (AvgIpc) is 2.57. The lowest BCUT2D eigenvalue weighted by Crippen LogP contribution is -2.41. The van der Waals surface area contributed by atoms with E-state index in [0.717, 1.165) is 6.42 Å². The second kappa shape index (κ2) is 7.16. The largest absolute Gasteiger partial charge is 0.343 e. The van der Waals surface area contributed by atoms with Gasteiger partial charge in [0.05, 0.1) is 6.61 Å². The molecule has 3 nitrogen and oxygen atoms in total. The van der Waals surface area contributed by atoms with Crippen LogP contribution in [0.2, 0.25) is 0 Å². The van der Waals surface area contributed by atoms with Crippen molar-refractivity contribution in [3.63, 3.8) is 0 Å². The van der Waals surface area contributed by atoms with Crippen LogP contribution >= 0.6 is 0 Å². The van der Waals surface area contributed by atoms with E-state index in [1.807, 2.05) is 55.5 Å². The highest BCUT2D eigenvalue weighted by Crippen LogP contribution is 2.31. The lowest BCUT2D eigenvalue weighted by Gasteiger charge is -2.31. The highest BCUT2D eigenvalue weighted by atomic mass is 16.7. The van der Waals surface area contributed by atoms with Gasteiger partial charge in [0.2, 0.25) is 5.78 Å². The highest BCUT2D eigenvalue weighted by Gasteiger charge is 2.42. The van der Waals surface area contributed by atoms with Crippen LogP contribution in [0.5, 0.6) is 0 Å². The first kappa shape index (κ1) is 15.4. The number of ketones is 1. The molecule has 0 saturated carbocycles. The predicted octanol–water partition coefficient (Wildman–Crippen LogP) is 3.80. The summed E-state index contributed by atoms with van der Waals surface area (Å²) in [7, 11) is 1.50. The molecule has 2 aromatic rings. The molecule has 1 unspecified atom stereocenters. The molecule has 0 aromatic heterocycles. The normalized spacial score (nSPS) is 13.6. The Labute approximate surface area is 125 Å². The maximum absolute atomic E-state index is 13.0. The summed E-state index contributed by atoms with van der Waals surface area (Å²) >= 11 is 0. The van der Waals surface area contributed by atoms with Crippen molar-refractivity contribution >= 4 is 5.78 Å². The van der Waals surface area contributed by atoms with Gasteiger partial charge < -0.3 is 9.47 Å². The van der Waals surface area contributed by atoms with Gasteiger partial charge >= 0.3 is 0 Å². The molecule has 2 aromatic carbocycles. The van der Waals surface area contributed by atoms with E-state index in [9.17, 15) is 4.79 Å². The standard InChI is InChI=1S/C18H20O3/c1-3-14-21-18(20-2,16-12-8-5-9-13-16)17(19)15-10-6-4-7-11-15/h4-13H,3,14H2,1-2H3. The van der Waals surface area contributed by atoms with Gasteiger partial charge in [-0.3, -0.25) is 4.79 Å². The van der Waals surface area contributed by atoms with Crippen LogP contribution in [0.25, 0.3) is 0 Å². The Hall–Kier alpha value is -1.97. The fourth-order valence-electron chi connectivity index (χ4n) is 2.23. The quantitative estimate of drug-likeness (QED) is 0.573. The van der Waals surface area contributed by atoms with Crippen LogP contribution in [-0.4, -0.2) is 19.5 Å². The average molecular weight is 284 g/mol. The van der Waals surface area contributed by atoms with E-state index in [0.29, 0.717) is 17.7 Å². The van der Waals surface area contributed by atoms with Crippen molar-refractivity contribution in [1.82, 2.24) is 0 Å². The number of methoxy groups -OCH3 is 1. The monoisotopic (exact) mass is 284 g/mol. The van der Waals surface area contributed by atoms with Crippen molar-refractivity contribution in [1.29, 1.82) is 0 Å². The van der Waals surface area contributed by atoms with Gasteiger partial charge in [-0.2, -0.15) is 0 Å². The number of ether oxygens (including phenoxy) is 2. The van der Waals surface area contributed by atoms with Gasteiger partial charge in [0.15, 0.2) is 0 Å². The first-order chi connectivity index (χ1) is 10.2. The lowest BCUT2D eigenvalue weighted by molar-refractivity contribution is -0.193. The lowest BCUT2D eigenvalue weighted by atomic mass is 9.95. The zero-order chi connectivity index (χ0) is 15.1. The summed E-state index contributed by atoms with van der Waals surface area (Å²) in [5.74, 6) is -1.58. The van der Waals surface area contributed by atoms with Crippen molar-refractivity contribution in [2.45, 2.75) is 19.1 Å². The Morgan fingerprint density at radius 1 is 1.00 bits per heavy atom. The molecular weight excluding hydrogens is 264 g/mol. The molecule has 0 amide bonds. The number of benzene rings is 2. The van der Waals surface area contributed by atoms with Gasteiger partial charge in [-0.1, -0.05) is 67.6 Å². The number of Topliss-reactive ketones (excluding diaryl/α,β-unsaturated/α-hetero) is 1. The summed E-state index contributed by atoms with van der Waals surface area (Å²) in [4.78, 5) is 13.0. The number of hydrogen-bond donors (Lipinski definition) is 0. The van der Waals surface area contributed by atoms with E-state index in [4.69, 9.17) is 9.47 Å². The molecule has 0 aliphatic rings. The van der Waals surface area contributed by atoms with Gasteiger partial charge in [0.25, 0.3) is 5.79 Å². The van der Waals surface area contributed by atoms with Gasteiger partial charge in [-0.25, -0.2) is 0 Å². The third kappa shape index (κ3) is 3.20. The smallest absolute Gasteiger partial charge is 0.261 e. The van der Waals surface area contributed by atoms with Crippen molar-refractivity contribution in [2.75, 3.05) is 13.7 Å². The van der Waals surface area contributed by atoms with Gasteiger partial charge in [0.1, 0.15) is 0 Å². The summed E-state index contributed by atoms with van der Waals surface area (Å²) < 4.78 is 11.4. The second-order valence-electron chi connectivity index (χ2n) is 4.73. The topological polar surface area (TPSA) is 35.5 Å². The Balaban J connectivity index is 2.47. The second-order valence-corrected chi connectivity index (χ2v) is 4.73. The van der Waals surface area contributed by atoms with Gasteiger partial charge in [-0.05, 0) is 6.42 Å². The molecule has 2 rings (SSSR count). The summed E-state index contributed by atoms with van der Waals surface area (Å²) in [5.41, 5.74) is 1.27. The molecular formula is C18H20O3.